The summed E-state index contributed by atoms with van der Waals surface area (Å²) in [5, 5.41) is 0. The van der Waals surface area contributed by atoms with Crippen molar-refractivity contribution in [1.82, 2.24) is 0 Å². The Balaban J connectivity index is 1.62. The number of carbonyl (C=O) groups excluding carboxylic acids is 4. The van der Waals surface area contributed by atoms with Crippen molar-refractivity contribution < 1.29 is 28.7 Å². The summed E-state index contributed by atoms with van der Waals surface area (Å²) in [6.07, 6.45) is 5.04. The monoisotopic (exact) mass is 510 g/mol. The molecular weight excluding hydrogens is 476 g/mol. The Kier molecular flexibility index (Phi) is 6.36. The highest BCUT2D eigenvalue weighted by Crippen LogP contribution is 2.67. The molecule has 4 aliphatic carbocycles. The lowest BCUT2D eigenvalue weighted by Crippen LogP contribution is -2.60. The van der Waals surface area contributed by atoms with Crippen molar-refractivity contribution in [3.05, 3.63) is 0 Å². The maximum atomic E-state index is 13.8. The van der Waals surface area contributed by atoms with Crippen LogP contribution in [0, 0.1) is 40.4 Å². The molecule has 0 aromatic carbocycles. The summed E-state index contributed by atoms with van der Waals surface area (Å²) in [5.74, 6) is 0.650. The molecule has 4 fully saturated rings. The van der Waals surface area contributed by atoms with Gasteiger partial charge >= 0.3 is 11.9 Å². The van der Waals surface area contributed by atoms with Gasteiger partial charge in [-0.2, -0.15) is 0 Å². The summed E-state index contributed by atoms with van der Waals surface area (Å²) >= 11 is 3.66. The summed E-state index contributed by atoms with van der Waals surface area (Å²) in [6, 6.07) is 0. The molecule has 0 aliphatic heterocycles. The molecule has 178 valence electrons. The zero-order valence-corrected chi connectivity index (χ0v) is 21.1. The minimum atomic E-state index is -0.526. The van der Waals surface area contributed by atoms with E-state index in [0.717, 1.165) is 32.1 Å². The number of Topliss-reactive ketones (excluding diaryl/α,β-unsaturated/α-hetero) is 2. The van der Waals surface area contributed by atoms with Crippen molar-refractivity contribution >= 4 is 39.4 Å². The highest BCUT2D eigenvalue weighted by atomic mass is 79.9. The predicted octanol–water partition coefficient (Wildman–Crippen LogP) is 4.26. The first kappa shape index (κ1) is 23.9. The Bertz CT molecular complexity index is 825. The molecule has 4 saturated carbocycles. The average molecular weight is 511 g/mol. The minimum Gasteiger partial charge on any atom is -0.462 e. The van der Waals surface area contributed by atoms with Crippen molar-refractivity contribution in [2.75, 3.05) is 6.61 Å². The number of carbonyl (C=O) groups is 4. The van der Waals surface area contributed by atoms with Crippen molar-refractivity contribution in [2.24, 2.45) is 40.4 Å². The number of fused-ring (bicyclic) bond motifs is 5. The summed E-state index contributed by atoms with van der Waals surface area (Å²) in [7, 11) is 0. The molecule has 0 aromatic heterocycles. The maximum Gasteiger partial charge on any atom is 0.303 e. The van der Waals surface area contributed by atoms with E-state index in [1.807, 2.05) is 0 Å². The number of halogens is 1. The van der Waals surface area contributed by atoms with Gasteiger partial charge in [-0.15, -0.1) is 0 Å². The van der Waals surface area contributed by atoms with Crippen molar-refractivity contribution in [1.29, 1.82) is 0 Å². The molecule has 0 amide bonds. The molecule has 32 heavy (non-hydrogen) atoms. The fourth-order valence-corrected chi connectivity index (χ4v) is 9.30. The lowest BCUT2D eigenvalue weighted by atomic mass is 9.44. The highest BCUT2D eigenvalue weighted by molar-refractivity contribution is 9.10. The molecule has 0 heterocycles. The van der Waals surface area contributed by atoms with Crippen molar-refractivity contribution in [3.63, 3.8) is 0 Å². The summed E-state index contributed by atoms with van der Waals surface area (Å²) in [5.41, 5.74) is -0.422. The zero-order valence-electron chi connectivity index (χ0n) is 19.5. The second-order valence-corrected chi connectivity index (χ2v) is 12.1. The molecule has 0 aromatic rings. The molecule has 4 aliphatic rings. The fourth-order valence-electron chi connectivity index (χ4n) is 8.20. The van der Waals surface area contributed by atoms with Gasteiger partial charge in [0.15, 0.2) is 0 Å². The third kappa shape index (κ3) is 3.76. The third-order valence-corrected chi connectivity index (χ3v) is 10.6. The minimum absolute atomic E-state index is 0.00753. The van der Waals surface area contributed by atoms with E-state index in [9.17, 15) is 19.2 Å². The van der Waals surface area contributed by atoms with Gasteiger partial charge in [-0.1, -0.05) is 29.8 Å². The molecule has 4 rings (SSSR count). The second kappa shape index (κ2) is 8.52. The first-order valence-corrected chi connectivity index (χ1v) is 12.9. The van der Waals surface area contributed by atoms with Crippen LogP contribution in [-0.2, 0) is 28.7 Å². The molecule has 6 nitrogen and oxygen atoms in total. The summed E-state index contributed by atoms with van der Waals surface area (Å²) in [4.78, 5) is 49.3. The molecule has 0 N–H and O–H groups in total. The molecule has 9 atom stereocenters. The summed E-state index contributed by atoms with van der Waals surface area (Å²) in [6.45, 7) is 7.19. The van der Waals surface area contributed by atoms with Gasteiger partial charge in [-0.25, -0.2) is 0 Å². The first-order chi connectivity index (χ1) is 15.0. The molecule has 3 unspecified atom stereocenters. The van der Waals surface area contributed by atoms with E-state index in [-0.39, 0.29) is 45.8 Å². The van der Waals surface area contributed by atoms with Gasteiger partial charge in [-0.3, -0.25) is 19.2 Å². The van der Waals surface area contributed by atoms with Crippen molar-refractivity contribution in [3.8, 4) is 0 Å². The number of hydrogen-bond acceptors (Lipinski definition) is 6. The van der Waals surface area contributed by atoms with E-state index in [1.54, 1.807) is 0 Å². The highest BCUT2D eigenvalue weighted by Gasteiger charge is 2.65. The second-order valence-electron chi connectivity index (χ2n) is 11.1. The molecule has 0 bridgehead atoms. The quantitative estimate of drug-likeness (QED) is 0.414. The SMILES string of the molecule is CC(=O)OCC(OC(C)=O)[C@H]1CC[C@H]2[C@@H]3CCC4C(Br)C(=O)CC[C@]4(C)[C@H]3C(=O)C[C@]12C. The van der Waals surface area contributed by atoms with Gasteiger partial charge in [0.1, 0.15) is 24.3 Å². The van der Waals surface area contributed by atoms with Crippen LogP contribution in [0.2, 0.25) is 0 Å². The lowest BCUT2D eigenvalue weighted by Gasteiger charge is -2.60. The Morgan fingerprint density at radius 1 is 1.00 bits per heavy atom. The van der Waals surface area contributed by atoms with E-state index in [0.29, 0.717) is 30.5 Å². The number of ketones is 2. The normalized spacial score (nSPS) is 44.2. The molecule has 0 saturated heterocycles. The third-order valence-electron chi connectivity index (χ3n) is 9.49. The van der Waals surface area contributed by atoms with Gasteiger partial charge < -0.3 is 9.47 Å². The molecular formula is C25H35BrO6. The average Bonchev–Trinajstić information content (AvgIpc) is 3.04. The van der Waals surface area contributed by atoms with Gasteiger partial charge in [0.2, 0.25) is 0 Å². The number of ether oxygens (including phenoxy) is 2. The van der Waals surface area contributed by atoms with Crippen LogP contribution in [0.3, 0.4) is 0 Å². The molecule has 7 heteroatoms. The largest absolute Gasteiger partial charge is 0.462 e. The van der Waals surface area contributed by atoms with Gasteiger partial charge in [0.05, 0.1) is 4.83 Å². The summed E-state index contributed by atoms with van der Waals surface area (Å²) < 4.78 is 10.9. The number of alkyl halides is 1. The molecule has 0 spiro atoms. The van der Waals surface area contributed by atoms with E-state index < -0.39 is 18.0 Å². The van der Waals surface area contributed by atoms with Gasteiger partial charge in [0, 0.05) is 38.5 Å². The number of rotatable bonds is 4. The van der Waals surface area contributed by atoms with Crippen LogP contribution in [-0.4, -0.2) is 41.0 Å². The van der Waals surface area contributed by atoms with Crippen LogP contribution in [0.1, 0.15) is 72.6 Å². The smallest absolute Gasteiger partial charge is 0.303 e. The standard InChI is InChI=1S/C25H35BrO6/c1-13(27)31-12-21(32-14(2)28)17-8-7-16-15-5-6-18-23(26)19(29)9-10-24(18,3)22(15)20(30)11-25(16,17)4/h15-18,21-23H,5-12H2,1-4H3/t15-,16-,17+,18?,21?,22+,23?,24-,25-/m0/s1. The Morgan fingerprint density at radius 2 is 1.69 bits per heavy atom. The van der Waals surface area contributed by atoms with Gasteiger partial charge in [-0.05, 0) is 60.7 Å². The first-order valence-electron chi connectivity index (χ1n) is 12.0. The van der Waals surface area contributed by atoms with E-state index in [2.05, 4.69) is 29.8 Å². The van der Waals surface area contributed by atoms with Crippen LogP contribution in [0.5, 0.6) is 0 Å². The van der Waals surface area contributed by atoms with Crippen LogP contribution < -0.4 is 0 Å². The maximum absolute atomic E-state index is 13.8. The van der Waals surface area contributed by atoms with E-state index in [4.69, 9.17) is 9.47 Å². The van der Waals surface area contributed by atoms with Crippen LogP contribution in [0.15, 0.2) is 0 Å². The number of esters is 2. The Morgan fingerprint density at radius 3 is 2.34 bits per heavy atom. The Labute approximate surface area is 198 Å². The lowest BCUT2D eigenvalue weighted by molar-refractivity contribution is -0.171. The zero-order chi connectivity index (χ0) is 23.4. The van der Waals surface area contributed by atoms with Crippen LogP contribution >= 0.6 is 15.9 Å². The van der Waals surface area contributed by atoms with Crippen LogP contribution in [0.4, 0.5) is 0 Å². The van der Waals surface area contributed by atoms with Crippen molar-refractivity contribution in [2.45, 2.75) is 83.6 Å². The van der Waals surface area contributed by atoms with E-state index in [1.165, 1.54) is 13.8 Å². The fraction of sp³-hybridized carbons (Fsp3) is 0.840. The topological polar surface area (TPSA) is 86.7 Å². The molecule has 0 radical (unpaired) electrons. The van der Waals surface area contributed by atoms with Gasteiger partial charge in [0.25, 0.3) is 0 Å². The predicted molar refractivity (Wildman–Crippen MR) is 121 cm³/mol. The Hall–Kier alpha value is -1.24. The van der Waals surface area contributed by atoms with E-state index >= 15 is 0 Å². The number of hydrogen-bond donors (Lipinski definition) is 0. The van der Waals surface area contributed by atoms with Crippen LogP contribution in [0.25, 0.3) is 0 Å².